The first kappa shape index (κ1) is 19.6. The fraction of sp³-hybridized carbons (Fsp3) is 0.278. The third-order valence-electron chi connectivity index (χ3n) is 4.04. The van der Waals surface area contributed by atoms with Crippen LogP contribution in [0.1, 0.15) is 0 Å². The summed E-state index contributed by atoms with van der Waals surface area (Å²) in [7, 11) is -3.58. The Kier molecular flexibility index (Phi) is 6.33. The van der Waals surface area contributed by atoms with E-state index in [2.05, 4.69) is 10.6 Å². The molecule has 0 aliphatic carbocycles. The molecule has 0 atom stereocenters. The summed E-state index contributed by atoms with van der Waals surface area (Å²) < 4.78 is 32.0. The van der Waals surface area contributed by atoms with Gasteiger partial charge in [0, 0.05) is 18.8 Å². The lowest BCUT2D eigenvalue weighted by molar-refractivity contribution is -0.114. The molecule has 2 N–H and O–H groups in total. The first-order valence-electron chi connectivity index (χ1n) is 8.43. The summed E-state index contributed by atoms with van der Waals surface area (Å²) in [5.41, 5.74) is 1.06. The van der Waals surface area contributed by atoms with E-state index in [-0.39, 0.29) is 17.3 Å². The van der Waals surface area contributed by atoms with Gasteiger partial charge >= 0.3 is 0 Å². The van der Waals surface area contributed by atoms with E-state index >= 15 is 0 Å². The number of rotatable bonds is 6. The number of ether oxygens (including phenoxy) is 1. The summed E-state index contributed by atoms with van der Waals surface area (Å²) >= 11 is 6.01. The van der Waals surface area contributed by atoms with E-state index in [1.807, 2.05) is 0 Å². The van der Waals surface area contributed by atoms with Gasteiger partial charge in [-0.3, -0.25) is 4.79 Å². The number of hydrogen-bond donors (Lipinski definition) is 2. The smallest absolute Gasteiger partial charge is 0.243 e. The molecule has 0 bridgehead atoms. The summed E-state index contributed by atoms with van der Waals surface area (Å²) in [6.45, 7) is 1.42. The van der Waals surface area contributed by atoms with Crippen molar-refractivity contribution in [2.75, 3.05) is 43.5 Å². The molecule has 0 unspecified atom stereocenters. The summed E-state index contributed by atoms with van der Waals surface area (Å²) in [4.78, 5) is 12.3. The van der Waals surface area contributed by atoms with Crippen molar-refractivity contribution in [3.8, 4) is 0 Å². The monoisotopic (exact) mass is 409 g/mol. The average Bonchev–Trinajstić information content (AvgIpc) is 2.69. The van der Waals surface area contributed by atoms with Gasteiger partial charge in [-0.25, -0.2) is 8.42 Å². The number of hydrogen-bond acceptors (Lipinski definition) is 5. The van der Waals surface area contributed by atoms with Crippen LogP contribution in [0.25, 0.3) is 0 Å². The Morgan fingerprint density at radius 1 is 1.11 bits per heavy atom. The van der Waals surface area contributed by atoms with E-state index in [0.717, 1.165) is 0 Å². The second-order valence-electron chi connectivity index (χ2n) is 5.93. The predicted molar refractivity (Wildman–Crippen MR) is 105 cm³/mol. The van der Waals surface area contributed by atoms with Gasteiger partial charge in [0.05, 0.1) is 35.4 Å². The number of halogens is 1. The summed E-state index contributed by atoms with van der Waals surface area (Å²) in [6, 6.07) is 13.3. The van der Waals surface area contributed by atoms with Crippen LogP contribution < -0.4 is 10.6 Å². The Balaban J connectivity index is 1.64. The molecule has 0 spiro atoms. The van der Waals surface area contributed by atoms with Crippen molar-refractivity contribution >= 4 is 38.9 Å². The van der Waals surface area contributed by atoms with Gasteiger partial charge in [0.1, 0.15) is 0 Å². The van der Waals surface area contributed by atoms with Crippen LogP contribution in [0.5, 0.6) is 0 Å². The van der Waals surface area contributed by atoms with Gasteiger partial charge in [-0.2, -0.15) is 4.31 Å². The minimum atomic E-state index is -3.58. The third kappa shape index (κ3) is 4.98. The highest BCUT2D eigenvalue weighted by Gasteiger charge is 2.26. The number of nitrogens with one attached hydrogen (secondary N) is 2. The van der Waals surface area contributed by atoms with E-state index in [4.69, 9.17) is 16.3 Å². The zero-order chi connectivity index (χ0) is 19.3. The number of carbonyl (C=O) groups is 1. The quantitative estimate of drug-likeness (QED) is 0.765. The summed E-state index contributed by atoms with van der Waals surface area (Å²) in [6.07, 6.45) is 0. The molecule has 0 saturated carbocycles. The Morgan fingerprint density at radius 2 is 1.85 bits per heavy atom. The first-order valence-corrected chi connectivity index (χ1v) is 10.2. The largest absolute Gasteiger partial charge is 0.379 e. The highest BCUT2D eigenvalue weighted by Crippen LogP contribution is 2.22. The summed E-state index contributed by atoms with van der Waals surface area (Å²) in [5, 5.41) is 6.09. The Morgan fingerprint density at radius 3 is 2.59 bits per heavy atom. The van der Waals surface area contributed by atoms with Crippen molar-refractivity contribution in [2.45, 2.75) is 4.90 Å². The van der Waals surface area contributed by atoms with E-state index in [9.17, 15) is 13.2 Å². The van der Waals surface area contributed by atoms with Crippen molar-refractivity contribution in [1.82, 2.24) is 4.31 Å². The van der Waals surface area contributed by atoms with E-state index in [1.54, 1.807) is 42.5 Å². The van der Waals surface area contributed by atoms with E-state index in [1.165, 1.54) is 10.4 Å². The number of amides is 1. The number of sulfonamides is 1. The molecular weight excluding hydrogens is 390 g/mol. The minimum absolute atomic E-state index is 0.0215. The number of anilines is 2. The van der Waals surface area contributed by atoms with Crippen molar-refractivity contribution in [3.63, 3.8) is 0 Å². The van der Waals surface area contributed by atoms with Gasteiger partial charge < -0.3 is 15.4 Å². The number of carbonyl (C=O) groups excluding carboxylic acids is 1. The van der Waals surface area contributed by atoms with Gasteiger partial charge in [-0.05, 0) is 30.3 Å². The van der Waals surface area contributed by atoms with Crippen LogP contribution in [0.4, 0.5) is 11.4 Å². The number of para-hydroxylation sites is 1. The average molecular weight is 410 g/mol. The van der Waals surface area contributed by atoms with Gasteiger partial charge in [0.15, 0.2) is 0 Å². The highest BCUT2D eigenvalue weighted by atomic mass is 35.5. The Hall–Kier alpha value is -2.13. The lowest BCUT2D eigenvalue weighted by Gasteiger charge is -2.26. The molecule has 27 heavy (non-hydrogen) atoms. The molecule has 1 fully saturated rings. The van der Waals surface area contributed by atoms with Crippen molar-refractivity contribution in [1.29, 1.82) is 0 Å². The molecule has 1 saturated heterocycles. The normalized spacial score (nSPS) is 15.3. The van der Waals surface area contributed by atoms with Crippen LogP contribution in [0.15, 0.2) is 53.4 Å². The molecule has 0 radical (unpaired) electrons. The van der Waals surface area contributed by atoms with Gasteiger partial charge in [0.25, 0.3) is 0 Å². The molecule has 2 aromatic carbocycles. The molecular formula is C18H20ClN3O4S. The Bertz CT molecular complexity index is 914. The maximum atomic E-state index is 12.7. The SMILES string of the molecule is O=C(CNc1cccc(S(=O)(=O)N2CCOCC2)c1)Nc1ccccc1Cl. The van der Waals surface area contributed by atoms with Gasteiger partial charge in [-0.15, -0.1) is 0 Å². The maximum Gasteiger partial charge on any atom is 0.243 e. The fourth-order valence-corrected chi connectivity index (χ4v) is 4.28. The summed E-state index contributed by atoms with van der Waals surface area (Å²) in [5.74, 6) is -0.287. The van der Waals surface area contributed by atoms with Gasteiger partial charge in [-0.1, -0.05) is 29.8 Å². The fourth-order valence-electron chi connectivity index (χ4n) is 2.64. The zero-order valence-corrected chi connectivity index (χ0v) is 16.1. The first-order chi connectivity index (χ1) is 13.0. The molecule has 2 aromatic rings. The molecule has 9 heteroatoms. The van der Waals surface area contributed by atoms with Crippen LogP contribution in [0.3, 0.4) is 0 Å². The number of benzene rings is 2. The lowest BCUT2D eigenvalue weighted by Crippen LogP contribution is -2.40. The minimum Gasteiger partial charge on any atom is -0.379 e. The number of morpholine rings is 1. The van der Waals surface area contributed by atoms with E-state index < -0.39 is 10.0 Å². The van der Waals surface area contributed by atoms with Crippen molar-refractivity contribution in [2.24, 2.45) is 0 Å². The zero-order valence-electron chi connectivity index (χ0n) is 14.5. The maximum absolute atomic E-state index is 12.7. The second-order valence-corrected chi connectivity index (χ2v) is 8.27. The van der Waals surface area contributed by atoms with Crippen molar-refractivity contribution < 1.29 is 17.9 Å². The molecule has 1 aliphatic rings. The Labute approximate surface area is 163 Å². The van der Waals surface area contributed by atoms with Crippen LogP contribution in [0.2, 0.25) is 5.02 Å². The highest BCUT2D eigenvalue weighted by molar-refractivity contribution is 7.89. The van der Waals surface area contributed by atoms with Gasteiger partial charge in [0.2, 0.25) is 15.9 Å². The molecule has 7 nitrogen and oxygen atoms in total. The standard InChI is InChI=1S/C18H20ClN3O4S/c19-16-6-1-2-7-17(16)21-18(23)13-20-14-4-3-5-15(12-14)27(24,25)22-8-10-26-11-9-22/h1-7,12,20H,8-11,13H2,(H,21,23). The van der Waals surface area contributed by atoms with Crippen molar-refractivity contribution in [3.05, 3.63) is 53.6 Å². The molecule has 1 heterocycles. The van der Waals surface area contributed by atoms with Crippen LogP contribution in [0, 0.1) is 0 Å². The van der Waals surface area contributed by atoms with Crippen LogP contribution in [-0.4, -0.2) is 51.5 Å². The molecule has 0 aromatic heterocycles. The topological polar surface area (TPSA) is 87.7 Å². The predicted octanol–water partition coefficient (Wildman–Crippen LogP) is 2.41. The van der Waals surface area contributed by atoms with E-state index in [0.29, 0.717) is 42.7 Å². The van der Waals surface area contributed by atoms with Crippen LogP contribution in [-0.2, 0) is 19.6 Å². The lowest BCUT2D eigenvalue weighted by atomic mass is 10.3. The molecule has 1 aliphatic heterocycles. The molecule has 144 valence electrons. The number of nitrogens with zero attached hydrogens (tertiary/aromatic N) is 1. The van der Waals surface area contributed by atoms with Crippen LogP contribution >= 0.6 is 11.6 Å². The second kappa shape index (κ2) is 8.71. The molecule has 3 rings (SSSR count). The third-order valence-corrected chi connectivity index (χ3v) is 6.27. The molecule has 1 amide bonds.